The fraction of sp³-hybridized carbons (Fsp3) is 0.400. The number of benzene rings is 1. The lowest BCUT2D eigenvalue weighted by Crippen LogP contribution is -2.14. The van der Waals surface area contributed by atoms with E-state index in [-0.39, 0.29) is 6.61 Å². The molecule has 1 heterocycles. The fourth-order valence-corrected chi connectivity index (χ4v) is 1.86. The summed E-state index contributed by atoms with van der Waals surface area (Å²) in [4.78, 5) is 2.21. The molecule has 1 aromatic rings. The van der Waals surface area contributed by atoms with Gasteiger partial charge in [-0.15, -0.1) is 0 Å². The van der Waals surface area contributed by atoms with Crippen LogP contribution in [-0.2, 0) is 13.0 Å². The Balaban J connectivity index is 2.53. The zero-order valence-corrected chi connectivity index (χ0v) is 7.25. The van der Waals surface area contributed by atoms with Crippen LogP contribution in [0.4, 0.5) is 5.69 Å². The van der Waals surface area contributed by atoms with Crippen molar-refractivity contribution in [3.05, 3.63) is 29.3 Å². The topological polar surface area (TPSA) is 23.5 Å². The second-order valence-electron chi connectivity index (χ2n) is 3.25. The van der Waals surface area contributed by atoms with E-state index in [9.17, 15) is 0 Å². The molecule has 0 saturated heterocycles. The molecule has 0 saturated carbocycles. The molecule has 0 atom stereocenters. The Hall–Kier alpha value is -1.02. The summed E-state index contributed by atoms with van der Waals surface area (Å²) >= 11 is 0. The maximum atomic E-state index is 9.09. The number of hydrogen-bond donors (Lipinski definition) is 1. The van der Waals surface area contributed by atoms with Crippen LogP contribution < -0.4 is 4.90 Å². The van der Waals surface area contributed by atoms with Gasteiger partial charge < -0.3 is 10.0 Å². The molecule has 0 spiro atoms. The van der Waals surface area contributed by atoms with Gasteiger partial charge in [-0.25, -0.2) is 0 Å². The highest BCUT2D eigenvalue weighted by Crippen LogP contribution is 2.30. The van der Waals surface area contributed by atoms with E-state index in [0.717, 1.165) is 18.5 Å². The Kier molecular flexibility index (Phi) is 1.77. The van der Waals surface area contributed by atoms with Gasteiger partial charge in [-0.2, -0.15) is 0 Å². The van der Waals surface area contributed by atoms with E-state index in [0.29, 0.717) is 0 Å². The van der Waals surface area contributed by atoms with E-state index in [2.05, 4.69) is 18.0 Å². The van der Waals surface area contributed by atoms with Gasteiger partial charge in [0, 0.05) is 24.8 Å². The van der Waals surface area contributed by atoms with Gasteiger partial charge in [0.25, 0.3) is 0 Å². The number of fused-ring (bicyclic) bond motifs is 1. The number of anilines is 1. The number of aliphatic hydroxyl groups excluding tert-OH is 1. The summed E-state index contributed by atoms with van der Waals surface area (Å²) in [5, 5.41) is 9.09. The first-order chi connectivity index (χ1) is 5.83. The largest absolute Gasteiger partial charge is 0.392 e. The van der Waals surface area contributed by atoms with E-state index in [4.69, 9.17) is 5.11 Å². The highest BCUT2D eigenvalue weighted by molar-refractivity contribution is 5.62. The quantitative estimate of drug-likeness (QED) is 0.671. The number of hydrogen-bond acceptors (Lipinski definition) is 2. The lowest BCUT2D eigenvalue weighted by Gasteiger charge is -2.15. The molecule has 0 radical (unpaired) electrons. The Morgan fingerprint density at radius 2 is 2.33 bits per heavy atom. The highest BCUT2D eigenvalue weighted by atomic mass is 16.3. The van der Waals surface area contributed by atoms with Crippen LogP contribution in [0.15, 0.2) is 18.2 Å². The van der Waals surface area contributed by atoms with Gasteiger partial charge in [-0.3, -0.25) is 0 Å². The van der Waals surface area contributed by atoms with Crippen LogP contribution in [0, 0.1) is 0 Å². The van der Waals surface area contributed by atoms with E-state index >= 15 is 0 Å². The molecular formula is C10H13NO. The molecule has 1 N–H and O–H groups in total. The van der Waals surface area contributed by atoms with Crippen LogP contribution in [0.2, 0.25) is 0 Å². The average Bonchev–Trinajstić information content (AvgIpc) is 2.48. The van der Waals surface area contributed by atoms with Gasteiger partial charge in [-0.1, -0.05) is 18.2 Å². The predicted octanol–water partition coefficient (Wildman–Crippen LogP) is 1.17. The number of aliphatic hydroxyl groups is 1. The lowest BCUT2D eigenvalue weighted by molar-refractivity contribution is 0.282. The van der Waals surface area contributed by atoms with Crippen molar-refractivity contribution in [2.45, 2.75) is 13.0 Å². The van der Waals surface area contributed by atoms with Crippen LogP contribution in [0.3, 0.4) is 0 Å². The van der Waals surface area contributed by atoms with Crippen LogP contribution in [0.5, 0.6) is 0 Å². The summed E-state index contributed by atoms with van der Waals surface area (Å²) in [6, 6.07) is 6.14. The maximum Gasteiger partial charge on any atom is 0.0702 e. The van der Waals surface area contributed by atoms with Gasteiger partial charge in [0.05, 0.1) is 6.61 Å². The number of para-hydroxylation sites is 1. The maximum absolute atomic E-state index is 9.09. The van der Waals surface area contributed by atoms with Crippen molar-refractivity contribution in [3.63, 3.8) is 0 Å². The van der Waals surface area contributed by atoms with Gasteiger partial charge in [0.1, 0.15) is 0 Å². The SMILES string of the molecule is CN1CCc2cccc(CO)c21. The molecule has 0 unspecified atom stereocenters. The predicted molar refractivity (Wildman–Crippen MR) is 49.3 cm³/mol. The molecule has 1 aromatic carbocycles. The van der Waals surface area contributed by atoms with Crippen molar-refractivity contribution in [2.24, 2.45) is 0 Å². The summed E-state index contributed by atoms with van der Waals surface area (Å²) < 4.78 is 0. The first-order valence-corrected chi connectivity index (χ1v) is 4.25. The molecule has 2 rings (SSSR count). The Morgan fingerprint density at radius 1 is 1.50 bits per heavy atom. The molecule has 2 nitrogen and oxygen atoms in total. The molecule has 0 amide bonds. The third-order valence-electron chi connectivity index (χ3n) is 2.47. The zero-order chi connectivity index (χ0) is 8.55. The third-order valence-corrected chi connectivity index (χ3v) is 2.47. The molecule has 64 valence electrons. The Bertz CT molecular complexity index is 296. The van der Waals surface area contributed by atoms with E-state index < -0.39 is 0 Å². The fourth-order valence-electron chi connectivity index (χ4n) is 1.86. The van der Waals surface area contributed by atoms with Gasteiger partial charge in [0.2, 0.25) is 0 Å². The molecule has 1 aliphatic rings. The molecule has 0 aliphatic carbocycles. The third kappa shape index (κ3) is 0.994. The standard InChI is InChI=1S/C10H13NO/c1-11-6-5-8-3-2-4-9(7-12)10(8)11/h2-4,12H,5-7H2,1H3. The molecule has 2 heteroatoms. The van der Waals surface area contributed by atoms with Crippen molar-refractivity contribution in [3.8, 4) is 0 Å². The van der Waals surface area contributed by atoms with Crippen LogP contribution in [-0.4, -0.2) is 18.7 Å². The number of nitrogens with zero attached hydrogens (tertiary/aromatic N) is 1. The van der Waals surface area contributed by atoms with Crippen molar-refractivity contribution in [2.75, 3.05) is 18.5 Å². The van der Waals surface area contributed by atoms with Crippen molar-refractivity contribution in [1.29, 1.82) is 0 Å². The van der Waals surface area contributed by atoms with E-state index in [1.165, 1.54) is 11.3 Å². The Labute approximate surface area is 72.4 Å². The monoisotopic (exact) mass is 163 g/mol. The molecular weight excluding hydrogens is 150 g/mol. The van der Waals surface area contributed by atoms with Crippen LogP contribution in [0.25, 0.3) is 0 Å². The van der Waals surface area contributed by atoms with Crippen LogP contribution in [0.1, 0.15) is 11.1 Å². The van der Waals surface area contributed by atoms with Crippen molar-refractivity contribution < 1.29 is 5.11 Å². The second kappa shape index (κ2) is 2.79. The smallest absolute Gasteiger partial charge is 0.0702 e. The minimum absolute atomic E-state index is 0.146. The summed E-state index contributed by atoms with van der Waals surface area (Å²) in [6.07, 6.45) is 1.11. The summed E-state index contributed by atoms with van der Waals surface area (Å²) in [6.45, 7) is 1.22. The lowest BCUT2D eigenvalue weighted by atomic mass is 10.1. The number of rotatable bonds is 1. The number of likely N-dealkylation sites (N-methyl/N-ethyl adjacent to an activating group) is 1. The molecule has 0 bridgehead atoms. The normalized spacial score (nSPS) is 15.0. The summed E-state index contributed by atoms with van der Waals surface area (Å²) in [5.41, 5.74) is 3.65. The van der Waals surface area contributed by atoms with Crippen LogP contribution >= 0.6 is 0 Å². The van der Waals surface area contributed by atoms with Crippen molar-refractivity contribution >= 4 is 5.69 Å². The minimum atomic E-state index is 0.146. The average molecular weight is 163 g/mol. The van der Waals surface area contributed by atoms with Crippen molar-refractivity contribution in [1.82, 2.24) is 0 Å². The van der Waals surface area contributed by atoms with E-state index in [1.807, 2.05) is 12.1 Å². The molecule has 12 heavy (non-hydrogen) atoms. The molecule has 0 aromatic heterocycles. The summed E-state index contributed by atoms with van der Waals surface area (Å²) in [7, 11) is 2.07. The second-order valence-corrected chi connectivity index (χ2v) is 3.25. The van der Waals surface area contributed by atoms with Gasteiger partial charge in [0.15, 0.2) is 0 Å². The Morgan fingerprint density at radius 3 is 3.08 bits per heavy atom. The van der Waals surface area contributed by atoms with E-state index in [1.54, 1.807) is 0 Å². The minimum Gasteiger partial charge on any atom is -0.392 e. The highest BCUT2D eigenvalue weighted by Gasteiger charge is 2.17. The van der Waals surface area contributed by atoms with Gasteiger partial charge >= 0.3 is 0 Å². The molecule has 1 aliphatic heterocycles. The zero-order valence-electron chi connectivity index (χ0n) is 7.25. The summed E-state index contributed by atoms with van der Waals surface area (Å²) in [5.74, 6) is 0. The first kappa shape index (κ1) is 7.62. The first-order valence-electron chi connectivity index (χ1n) is 4.25. The van der Waals surface area contributed by atoms with Gasteiger partial charge in [-0.05, 0) is 12.0 Å². The molecule has 0 fully saturated rings.